The van der Waals surface area contributed by atoms with Crippen molar-refractivity contribution >= 4 is 0 Å². The second-order valence-electron chi connectivity index (χ2n) is 10.5. The standard InChI is InChI=1S/C12H16.C11H14.C10H12/c1-10-6-2-3-7-11-8-4-5-9-12(10)11;1-9-5-4-7-10-6-2-3-8-11(9)10;1-8-6-7-9-4-2-3-5-10(8)9/h4-5,8-10H,2-3,6-7H2,1H3;2-3,6,8-9H,4-5,7H2,1H3;2-5,8H,6-7H2,1H3. The highest BCUT2D eigenvalue weighted by molar-refractivity contribution is 5.34. The fourth-order valence-electron chi connectivity index (χ4n) is 5.93. The lowest BCUT2D eigenvalue weighted by molar-refractivity contribution is 0.590. The molecule has 0 radical (unpaired) electrons. The van der Waals surface area contributed by atoms with Gasteiger partial charge < -0.3 is 0 Å². The van der Waals surface area contributed by atoms with Crippen molar-refractivity contribution in [2.75, 3.05) is 0 Å². The molecular weight excluding hydrogens is 396 g/mol. The molecule has 3 atom stereocenters. The van der Waals surface area contributed by atoms with Gasteiger partial charge in [-0.3, -0.25) is 0 Å². The summed E-state index contributed by atoms with van der Waals surface area (Å²) in [7, 11) is 0. The van der Waals surface area contributed by atoms with E-state index >= 15 is 0 Å². The van der Waals surface area contributed by atoms with Gasteiger partial charge in [0, 0.05) is 0 Å². The first kappa shape index (κ1) is 23.8. The molecule has 174 valence electrons. The van der Waals surface area contributed by atoms with Gasteiger partial charge >= 0.3 is 0 Å². The van der Waals surface area contributed by atoms with Crippen LogP contribution in [0.3, 0.4) is 0 Å². The van der Waals surface area contributed by atoms with Gasteiger partial charge in [-0.25, -0.2) is 0 Å². The van der Waals surface area contributed by atoms with Gasteiger partial charge in [-0.2, -0.15) is 0 Å². The average Bonchev–Trinajstić information content (AvgIpc) is 3.13. The summed E-state index contributed by atoms with van der Waals surface area (Å²) in [6.45, 7) is 6.99. The Kier molecular flexibility index (Phi) is 8.43. The maximum Gasteiger partial charge on any atom is -0.0184 e. The van der Waals surface area contributed by atoms with Gasteiger partial charge in [0.05, 0.1) is 0 Å². The van der Waals surface area contributed by atoms with Crippen LogP contribution in [0.15, 0.2) is 72.8 Å². The van der Waals surface area contributed by atoms with Crippen molar-refractivity contribution < 1.29 is 0 Å². The minimum atomic E-state index is 0.781. The number of benzene rings is 3. The summed E-state index contributed by atoms with van der Waals surface area (Å²) in [5.41, 5.74) is 9.47. The summed E-state index contributed by atoms with van der Waals surface area (Å²) in [6, 6.07) is 26.5. The van der Waals surface area contributed by atoms with E-state index in [1.54, 1.807) is 33.4 Å². The lowest BCUT2D eigenvalue weighted by Crippen LogP contribution is -2.05. The van der Waals surface area contributed by atoms with Crippen LogP contribution in [0.4, 0.5) is 0 Å². The Morgan fingerprint density at radius 2 is 0.818 bits per heavy atom. The predicted molar refractivity (Wildman–Crippen MR) is 143 cm³/mol. The van der Waals surface area contributed by atoms with E-state index in [1.807, 2.05) is 0 Å². The topological polar surface area (TPSA) is 0 Å². The molecular formula is C33H42. The van der Waals surface area contributed by atoms with Crippen molar-refractivity contribution in [1.82, 2.24) is 0 Å². The lowest BCUT2D eigenvalue weighted by Gasteiger charge is -2.21. The first-order chi connectivity index (χ1) is 16.1. The Bertz CT molecular complexity index is 1010. The largest absolute Gasteiger partial charge is 0.0620 e. The third kappa shape index (κ3) is 6.17. The molecule has 0 saturated carbocycles. The van der Waals surface area contributed by atoms with Crippen molar-refractivity contribution in [2.45, 2.75) is 96.3 Å². The predicted octanol–water partition coefficient (Wildman–Crippen LogP) is 9.38. The molecule has 0 fully saturated rings. The van der Waals surface area contributed by atoms with Crippen molar-refractivity contribution in [3.8, 4) is 0 Å². The smallest absolute Gasteiger partial charge is 0.0184 e. The molecule has 0 aromatic heterocycles. The summed E-state index contributed by atoms with van der Waals surface area (Å²) in [5.74, 6) is 2.37. The highest BCUT2D eigenvalue weighted by Gasteiger charge is 2.17. The maximum absolute atomic E-state index is 2.35. The van der Waals surface area contributed by atoms with Crippen molar-refractivity contribution in [3.05, 3.63) is 106 Å². The van der Waals surface area contributed by atoms with Crippen molar-refractivity contribution in [1.29, 1.82) is 0 Å². The normalized spacial score (nSPS) is 22.8. The number of fused-ring (bicyclic) bond motifs is 3. The zero-order valence-electron chi connectivity index (χ0n) is 21.0. The van der Waals surface area contributed by atoms with Gasteiger partial charge in [0.15, 0.2) is 0 Å². The summed E-state index contributed by atoms with van der Waals surface area (Å²) in [5, 5.41) is 0. The lowest BCUT2D eigenvalue weighted by atomic mass is 9.84. The molecule has 0 N–H and O–H groups in total. The Morgan fingerprint density at radius 3 is 1.33 bits per heavy atom. The van der Waals surface area contributed by atoms with Crippen LogP contribution in [0.5, 0.6) is 0 Å². The minimum Gasteiger partial charge on any atom is -0.0620 e. The molecule has 0 heterocycles. The van der Waals surface area contributed by atoms with E-state index in [9.17, 15) is 0 Å². The third-order valence-corrected chi connectivity index (χ3v) is 8.02. The molecule has 3 unspecified atom stereocenters. The van der Waals surface area contributed by atoms with Crippen LogP contribution in [0.2, 0.25) is 0 Å². The fourth-order valence-corrected chi connectivity index (χ4v) is 5.93. The highest BCUT2D eigenvalue weighted by atomic mass is 14.2. The zero-order valence-corrected chi connectivity index (χ0v) is 21.0. The summed E-state index contributed by atoms with van der Waals surface area (Å²) in [6.07, 6.45) is 12.1. The molecule has 0 amide bonds. The van der Waals surface area contributed by atoms with Crippen LogP contribution < -0.4 is 0 Å². The Morgan fingerprint density at radius 1 is 0.424 bits per heavy atom. The summed E-state index contributed by atoms with van der Waals surface area (Å²) < 4.78 is 0. The Balaban J connectivity index is 0.000000118. The van der Waals surface area contributed by atoms with E-state index in [4.69, 9.17) is 0 Å². The van der Waals surface area contributed by atoms with Gasteiger partial charge in [-0.05, 0) is 103 Å². The van der Waals surface area contributed by atoms with Gasteiger partial charge in [0.25, 0.3) is 0 Å². The number of hydrogen-bond acceptors (Lipinski definition) is 0. The van der Waals surface area contributed by atoms with E-state index in [-0.39, 0.29) is 0 Å². The van der Waals surface area contributed by atoms with E-state index in [0.29, 0.717) is 0 Å². The summed E-state index contributed by atoms with van der Waals surface area (Å²) >= 11 is 0. The maximum atomic E-state index is 2.35. The van der Waals surface area contributed by atoms with Crippen LogP contribution in [0.1, 0.15) is 110 Å². The molecule has 0 nitrogen and oxygen atoms in total. The molecule has 3 aliphatic rings. The zero-order chi connectivity index (χ0) is 23.0. The van der Waals surface area contributed by atoms with Crippen molar-refractivity contribution in [3.63, 3.8) is 0 Å². The monoisotopic (exact) mass is 438 g/mol. The first-order valence-corrected chi connectivity index (χ1v) is 13.4. The van der Waals surface area contributed by atoms with Crippen LogP contribution >= 0.6 is 0 Å². The number of hydrogen-bond donors (Lipinski definition) is 0. The third-order valence-electron chi connectivity index (χ3n) is 8.02. The van der Waals surface area contributed by atoms with Crippen LogP contribution in [-0.4, -0.2) is 0 Å². The van der Waals surface area contributed by atoms with E-state index in [1.165, 1.54) is 57.8 Å². The number of aryl methyl sites for hydroxylation is 3. The molecule has 0 saturated heterocycles. The van der Waals surface area contributed by atoms with Gasteiger partial charge in [-0.1, -0.05) is 100.0 Å². The minimum absolute atomic E-state index is 0.781. The van der Waals surface area contributed by atoms with Crippen LogP contribution in [0.25, 0.3) is 0 Å². The highest BCUT2D eigenvalue weighted by Crippen LogP contribution is 2.32. The molecule has 33 heavy (non-hydrogen) atoms. The van der Waals surface area contributed by atoms with Crippen LogP contribution in [-0.2, 0) is 19.3 Å². The first-order valence-electron chi connectivity index (χ1n) is 13.4. The summed E-state index contributed by atoms with van der Waals surface area (Å²) in [4.78, 5) is 0. The molecule has 0 heteroatoms. The molecule has 3 aromatic rings. The molecule has 0 bridgehead atoms. The van der Waals surface area contributed by atoms with Crippen LogP contribution in [0, 0.1) is 0 Å². The second-order valence-corrected chi connectivity index (χ2v) is 10.5. The average molecular weight is 439 g/mol. The van der Waals surface area contributed by atoms with E-state index < -0.39 is 0 Å². The van der Waals surface area contributed by atoms with E-state index in [2.05, 4.69) is 93.6 Å². The molecule has 3 aromatic carbocycles. The molecule has 6 rings (SSSR count). The molecule has 0 aliphatic heterocycles. The van der Waals surface area contributed by atoms with Gasteiger partial charge in [0.2, 0.25) is 0 Å². The van der Waals surface area contributed by atoms with E-state index in [0.717, 1.165) is 17.8 Å². The SMILES string of the molecule is CC1CCCCc2ccccc21.CC1CCCc2ccccc21.CC1CCc2ccccc21. The van der Waals surface area contributed by atoms with Crippen molar-refractivity contribution in [2.24, 2.45) is 0 Å². The molecule has 0 spiro atoms. The number of rotatable bonds is 0. The quantitative estimate of drug-likeness (QED) is 0.307. The Labute approximate surface area is 202 Å². The van der Waals surface area contributed by atoms with Gasteiger partial charge in [0.1, 0.15) is 0 Å². The molecule has 3 aliphatic carbocycles. The second kappa shape index (κ2) is 11.7. The fraction of sp³-hybridized carbons (Fsp3) is 0.455. The Hall–Kier alpha value is -2.34. The van der Waals surface area contributed by atoms with Gasteiger partial charge in [-0.15, -0.1) is 0 Å².